The van der Waals surface area contributed by atoms with Gasteiger partial charge in [-0.3, -0.25) is 0 Å². The summed E-state index contributed by atoms with van der Waals surface area (Å²) in [7, 11) is 0. The van der Waals surface area contributed by atoms with Gasteiger partial charge in [0, 0.05) is 6.61 Å². The van der Waals surface area contributed by atoms with Crippen LogP contribution in [0.3, 0.4) is 0 Å². The molecule has 0 fully saturated rings. The summed E-state index contributed by atoms with van der Waals surface area (Å²) in [6.45, 7) is 9.21. The Hall–Kier alpha value is -0.610. The van der Waals surface area contributed by atoms with Crippen molar-refractivity contribution in [3.8, 4) is 0 Å². The van der Waals surface area contributed by atoms with Gasteiger partial charge in [-0.05, 0) is 25.7 Å². The van der Waals surface area contributed by atoms with E-state index in [9.17, 15) is 4.79 Å². The maximum Gasteiger partial charge on any atom is 0.335 e. The highest BCUT2D eigenvalue weighted by Gasteiger charge is 2.34. The highest BCUT2D eigenvalue weighted by atomic mass is 16.6. The average Bonchev–Trinajstić information content (AvgIpc) is 2.22. The number of carbonyl (C=O) groups is 1. The third-order valence-electron chi connectivity index (χ3n) is 2.54. The molecule has 0 aromatic heterocycles. The van der Waals surface area contributed by atoms with Crippen LogP contribution in [0.5, 0.6) is 0 Å². The SMILES string of the molecule is CCCCOCCOC(C)(CC(C)C)C(=O)O. The molecule has 0 aromatic rings. The molecule has 0 bridgehead atoms. The number of aliphatic carboxylic acids is 1. The largest absolute Gasteiger partial charge is 0.479 e. The van der Waals surface area contributed by atoms with Crippen molar-refractivity contribution in [3.63, 3.8) is 0 Å². The first-order valence-electron chi connectivity index (χ1n) is 6.37. The monoisotopic (exact) mass is 246 g/mol. The fourth-order valence-electron chi connectivity index (χ4n) is 1.66. The second-order valence-electron chi connectivity index (χ2n) is 4.95. The van der Waals surface area contributed by atoms with Crippen molar-refractivity contribution in [2.75, 3.05) is 19.8 Å². The predicted molar refractivity (Wildman–Crippen MR) is 67.2 cm³/mol. The summed E-state index contributed by atoms with van der Waals surface area (Å²) in [6.07, 6.45) is 2.64. The number of unbranched alkanes of at least 4 members (excludes halogenated alkanes) is 1. The molecule has 0 heterocycles. The molecule has 0 saturated carbocycles. The van der Waals surface area contributed by atoms with Crippen molar-refractivity contribution in [2.24, 2.45) is 5.92 Å². The lowest BCUT2D eigenvalue weighted by molar-refractivity contribution is -0.167. The molecule has 0 rings (SSSR count). The van der Waals surface area contributed by atoms with Gasteiger partial charge in [-0.25, -0.2) is 4.79 Å². The van der Waals surface area contributed by atoms with Gasteiger partial charge < -0.3 is 14.6 Å². The summed E-state index contributed by atoms with van der Waals surface area (Å²) < 4.78 is 10.8. The smallest absolute Gasteiger partial charge is 0.335 e. The fourth-order valence-corrected chi connectivity index (χ4v) is 1.66. The number of hydrogen-bond donors (Lipinski definition) is 1. The third kappa shape index (κ3) is 7.34. The molecule has 4 nitrogen and oxygen atoms in total. The van der Waals surface area contributed by atoms with E-state index >= 15 is 0 Å². The normalized spacial score (nSPS) is 14.9. The number of carboxylic acid groups (broad SMARTS) is 1. The zero-order valence-corrected chi connectivity index (χ0v) is 11.5. The quantitative estimate of drug-likeness (QED) is 0.602. The van der Waals surface area contributed by atoms with Crippen LogP contribution in [0.2, 0.25) is 0 Å². The van der Waals surface area contributed by atoms with E-state index < -0.39 is 11.6 Å². The van der Waals surface area contributed by atoms with Crippen LogP contribution in [0.25, 0.3) is 0 Å². The molecule has 0 radical (unpaired) electrons. The molecule has 1 atom stereocenters. The van der Waals surface area contributed by atoms with Gasteiger partial charge in [-0.1, -0.05) is 27.2 Å². The Balaban J connectivity index is 3.89. The highest BCUT2D eigenvalue weighted by Crippen LogP contribution is 2.21. The fraction of sp³-hybridized carbons (Fsp3) is 0.923. The lowest BCUT2D eigenvalue weighted by Gasteiger charge is -2.27. The molecule has 1 N–H and O–H groups in total. The van der Waals surface area contributed by atoms with Gasteiger partial charge >= 0.3 is 5.97 Å². The molecule has 0 aliphatic heterocycles. The van der Waals surface area contributed by atoms with E-state index in [0.717, 1.165) is 12.8 Å². The Morgan fingerprint density at radius 1 is 1.29 bits per heavy atom. The van der Waals surface area contributed by atoms with Crippen LogP contribution in [0.15, 0.2) is 0 Å². The minimum Gasteiger partial charge on any atom is -0.479 e. The molecule has 1 unspecified atom stereocenters. The topological polar surface area (TPSA) is 55.8 Å². The Morgan fingerprint density at radius 3 is 2.41 bits per heavy atom. The Kier molecular flexibility index (Phi) is 8.17. The summed E-state index contributed by atoms with van der Waals surface area (Å²) in [4.78, 5) is 11.2. The lowest BCUT2D eigenvalue weighted by Crippen LogP contribution is -2.40. The van der Waals surface area contributed by atoms with Gasteiger partial charge in [-0.15, -0.1) is 0 Å². The number of rotatable bonds is 10. The molecule has 0 aliphatic rings. The zero-order chi connectivity index (χ0) is 13.3. The van der Waals surface area contributed by atoms with Gasteiger partial charge in [0.15, 0.2) is 5.60 Å². The molecule has 0 aliphatic carbocycles. The maximum absolute atomic E-state index is 11.2. The summed E-state index contributed by atoms with van der Waals surface area (Å²) in [5.74, 6) is -0.614. The van der Waals surface area contributed by atoms with Crippen LogP contribution in [0, 0.1) is 5.92 Å². The summed E-state index contributed by atoms with van der Waals surface area (Å²) in [5, 5.41) is 9.16. The molecule has 102 valence electrons. The van der Waals surface area contributed by atoms with E-state index in [0.29, 0.717) is 26.2 Å². The first-order valence-corrected chi connectivity index (χ1v) is 6.37. The third-order valence-corrected chi connectivity index (χ3v) is 2.54. The second-order valence-corrected chi connectivity index (χ2v) is 4.95. The van der Waals surface area contributed by atoms with Gasteiger partial charge in [0.25, 0.3) is 0 Å². The van der Waals surface area contributed by atoms with Crippen LogP contribution in [-0.2, 0) is 14.3 Å². The standard InChI is InChI=1S/C13H26O4/c1-5-6-7-16-8-9-17-13(4,12(14)15)10-11(2)3/h11H,5-10H2,1-4H3,(H,14,15). The van der Waals surface area contributed by atoms with E-state index in [2.05, 4.69) is 6.92 Å². The van der Waals surface area contributed by atoms with E-state index in [-0.39, 0.29) is 5.92 Å². The molecule has 0 aromatic carbocycles. The minimum atomic E-state index is -1.09. The van der Waals surface area contributed by atoms with Crippen molar-refractivity contribution in [3.05, 3.63) is 0 Å². The van der Waals surface area contributed by atoms with Crippen molar-refractivity contribution in [2.45, 2.75) is 52.6 Å². The van der Waals surface area contributed by atoms with Gasteiger partial charge in [0.05, 0.1) is 13.2 Å². The highest BCUT2D eigenvalue weighted by molar-refractivity contribution is 5.76. The average molecular weight is 246 g/mol. The van der Waals surface area contributed by atoms with E-state index in [1.54, 1.807) is 6.92 Å². The van der Waals surface area contributed by atoms with Crippen LogP contribution in [0.4, 0.5) is 0 Å². The van der Waals surface area contributed by atoms with E-state index in [1.165, 1.54) is 0 Å². The Labute approximate surface area is 104 Å². The van der Waals surface area contributed by atoms with Crippen molar-refractivity contribution in [1.82, 2.24) is 0 Å². The molecule has 0 spiro atoms. The molecular formula is C13H26O4. The van der Waals surface area contributed by atoms with Crippen LogP contribution >= 0.6 is 0 Å². The Morgan fingerprint density at radius 2 is 1.94 bits per heavy atom. The van der Waals surface area contributed by atoms with Crippen LogP contribution in [-0.4, -0.2) is 36.5 Å². The van der Waals surface area contributed by atoms with Gasteiger partial charge in [0.2, 0.25) is 0 Å². The molecule has 0 amide bonds. The zero-order valence-electron chi connectivity index (χ0n) is 11.5. The molecule has 0 saturated heterocycles. The van der Waals surface area contributed by atoms with Crippen LogP contribution in [0.1, 0.15) is 47.0 Å². The van der Waals surface area contributed by atoms with E-state index in [4.69, 9.17) is 14.6 Å². The van der Waals surface area contributed by atoms with Crippen molar-refractivity contribution < 1.29 is 19.4 Å². The summed E-state index contributed by atoms with van der Waals surface area (Å²) in [6, 6.07) is 0. The number of hydrogen-bond acceptors (Lipinski definition) is 3. The molecule has 4 heteroatoms. The number of ether oxygens (including phenoxy) is 2. The molecule has 17 heavy (non-hydrogen) atoms. The number of carboxylic acids is 1. The lowest BCUT2D eigenvalue weighted by atomic mass is 9.94. The van der Waals surface area contributed by atoms with Crippen LogP contribution < -0.4 is 0 Å². The Bertz CT molecular complexity index is 215. The predicted octanol–water partition coefficient (Wildman–Crippen LogP) is 2.71. The summed E-state index contributed by atoms with van der Waals surface area (Å²) >= 11 is 0. The molecular weight excluding hydrogens is 220 g/mol. The maximum atomic E-state index is 11.2. The van der Waals surface area contributed by atoms with E-state index in [1.807, 2.05) is 13.8 Å². The first-order chi connectivity index (χ1) is 7.92. The first kappa shape index (κ1) is 16.4. The van der Waals surface area contributed by atoms with Crippen molar-refractivity contribution >= 4 is 5.97 Å². The van der Waals surface area contributed by atoms with Gasteiger partial charge in [-0.2, -0.15) is 0 Å². The summed E-state index contributed by atoms with van der Waals surface area (Å²) in [5.41, 5.74) is -1.09. The van der Waals surface area contributed by atoms with Gasteiger partial charge in [0.1, 0.15) is 0 Å². The second kappa shape index (κ2) is 8.48. The minimum absolute atomic E-state index is 0.289. The van der Waals surface area contributed by atoms with Crippen molar-refractivity contribution in [1.29, 1.82) is 0 Å².